The Hall–Kier alpha value is -0.580. The molecule has 0 radical (unpaired) electrons. The summed E-state index contributed by atoms with van der Waals surface area (Å²) in [6, 6.07) is 0. The third-order valence-corrected chi connectivity index (χ3v) is 3.53. The molecule has 0 N–H and O–H groups in total. The van der Waals surface area contributed by atoms with E-state index in [2.05, 4.69) is 15.9 Å². The van der Waals surface area contributed by atoms with E-state index in [0.717, 1.165) is 24.6 Å². The first kappa shape index (κ1) is 14.5. The Morgan fingerprint density at radius 3 is 2.71 bits per heavy atom. The Morgan fingerprint density at radius 1 is 1.41 bits per heavy atom. The number of ether oxygens (including phenoxy) is 1. The molecule has 17 heavy (non-hydrogen) atoms. The highest BCUT2D eigenvalue weighted by atomic mass is 79.9. The van der Waals surface area contributed by atoms with Gasteiger partial charge in [-0.05, 0) is 12.8 Å². The Balaban J connectivity index is 2.20. The number of carbonyl (C=O) groups is 2. The zero-order valence-electron chi connectivity index (χ0n) is 10.3. The normalized spacial score (nSPS) is 17.1. The Morgan fingerprint density at radius 2 is 2.12 bits per heavy atom. The van der Waals surface area contributed by atoms with Gasteiger partial charge in [0.05, 0.1) is 6.54 Å². The molecule has 4 nitrogen and oxygen atoms in total. The third kappa shape index (κ3) is 4.66. The van der Waals surface area contributed by atoms with Crippen molar-refractivity contribution in [3.63, 3.8) is 0 Å². The molecule has 1 saturated heterocycles. The number of hydrogen-bond acceptors (Lipinski definition) is 3. The Labute approximate surface area is 111 Å². The Kier molecular flexibility index (Phi) is 6.55. The molecule has 0 aliphatic carbocycles. The molecule has 0 aromatic carbocycles. The monoisotopic (exact) mass is 305 g/mol. The molecule has 1 aliphatic heterocycles. The lowest BCUT2D eigenvalue weighted by molar-refractivity contribution is -0.131. The van der Waals surface area contributed by atoms with Crippen LogP contribution in [0.25, 0.3) is 0 Å². The molecule has 5 heteroatoms. The average molecular weight is 306 g/mol. The number of nitrogens with zero attached hydrogens (tertiary/aromatic N) is 1. The number of alkyl halides is 1. The molecule has 1 heterocycles. The fraction of sp³-hybridized carbons (Fsp3) is 0.833. The lowest BCUT2D eigenvalue weighted by Gasteiger charge is -2.16. The van der Waals surface area contributed by atoms with Crippen LogP contribution >= 0.6 is 15.9 Å². The van der Waals surface area contributed by atoms with Crippen LogP contribution in [0.2, 0.25) is 0 Å². The zero-order chi connectivity index (χ0) is 12.7. The molecular formula is C12H20BrNO3. The molecule has 1 atom stereocenters. The van der Waals surface area contributed by atoms with Gasteiger partial charge in [0.15, 0.2) is 0 Å². The van der Waals surface area contributed by atoms with Crippen molar-refractivity contribution in [2.45, 2.75) is 39.0 Å². The first-order chi connectivity index (χ1) is 8.16. The smallest absolute Gasteiger partial charge is 0.416 e. The molecule has 0 spiro atoms. The molecular weight excluding hydrogens is 286 g/mol. The van der Waals surface area contributed by atoms with E-state index in [1.54, 1.807) is 0 Å². The lowest BCUT2D eigenvalue weighted by atomic mass is 10.0. The van der Waals surface area contributed by atoms with E-state index in [1.165, 1.54) is 17.7 Å². The van der Waals surface area contributed by atoms with Gasteiger partial charge in [-0.3, -0.25) is 4.79 Å². The second-order valence-corrected chi connectivity index (χ2v) is 5.19. The Bertz CT molecular complexity index is 270. The third-order valence-electron chi connectivity index (χ3n) is 2.97. The number of halogens is 1. The fourth-order valence-electron chi connectivity index (χ4n) is 1.88. The van der Waals surface area contributed by atoms with E-state index in [-0.39, 0.29) is 11.8 Å². The van der Waals surface area contributed by atoms with Crippen LogP contribution in [0.3, 0.4) is 0 Å². The maximum Gasteiger partial charge on any atom is 0.416 e. The minimum absolute atomic E-state index is 0.0791. The van der Waals surface area contributed by atoms with Crippen molar-refractivity contribution >= 4 is 27.9 Å². The first-order valence-corrected chi connectivity index (χ1v) is 7.33. The zero-order valence-corrected chi connectivity index (χ0v) is 11.9. The molecule has 0 bridgehead atoms. The summed E-state index contributed by atoms with van der Waals surface area (Å²) < 4.78 is 4.76. The van der Waals surface area contributed by atoms with Crippen LogP contribution in [0.1, 0.15) is 39.0 Å². The summed E-state index contributed by atoms with van der Waals surface area (Å²) in [5, 5.41) is 1.04. The predicted molar refractivity (Wildman–Crippen MR) is 69.1 cm³/mol. The van der Waals surface area contributed by atoms with Gasteiger partial charge in [0.1, 0.15) is 6.61 Å². The van der Waals surface area contributed by atoms with E-state index < -0.39 is 6.09 Å². The number of hydrogen-bond donors (Lipinski definition) is 0. The predicted octanol–water partition coefficient (Wildman–Crippen LogP) is 2.95. The largest absolute Gasteiger partial charge is 0.447 e. The van der Waals surface area contributed by atoms with Crippen LogP contribution in [0, 0.1) is 5.92 Å². The van der Waals surface area contributed by atoms with Gasteiger partial charge in [-0.1, -0.05) is 42.1 Å². The van der Waals surface area contributed by atoms with Gasteiger partial charge >= 0.3 is 6.09 Å². The molecule has 0 saturated carbocycles. The molecule has 1 aliphatic rings. The van der Waals surface area contributed by atoms with Crippen molar-refractivity contribution in [3.8, 4) is 0 Å². The van der Waals surface area contributed by atoms with Crippen molar-refractivity contribution in [2.24, 2.45) is 5.92 Å². The van der Waals surface area contributed by atoms with E-state index >= 15 is 0 Å². The van der Waals surface area contributed by atoms with E-state index in [4.69, 9.17) is 4.74 Å². The first-order valence-electron chi connectivity index (χ1n) is 6.21. The average Bonchev–Trinajstić information content (AvgIpc) is 2.74. The molecule has 0 unspecified atom stereocenters. The summed E-state index contributed by atoms with van der Waals surface area (Å²) in [7, 11) is 0. The van der Waals surface area contributed by atoms with Crippen LogP contribution in [0.4, 0.5) is 4.79 Å². The van der Waals surface area contributed by atoms with Gasteiger partial charge in [-0.2, -0.15) is 0 Å². The molecule has 98 valence electrons. The number of carbonyl (C=O) groups excluding carboxylic acids is 2. The van der Waals surface area contributed by atoms with E-state index in [9.17, 15) is 9.59 Å². The summed E-state index contributed by atoms with van der Waals surface area (Å²) in [5.74, 6) is -0.169. The molecule has 2 amide bonds. The van der Waals surface area contributed by atoms with Crippen molar-refractivity contribution in [2.75, 3.05) is 18.5 Å². The number of unbranched alkanes of at least 4 members (excludes halogenated alkanes) is 3. The highest BCUT2D eigenvalue weighted by Gasteiger charge is 2.30. The molecule has 0 aromatic rings. The van der Waals surface area contributed by atoms with E-state index in [0.29, 0.717) is 13.2 Å². The number of rotatable bonds is 7. The minimum atomic E-state index is -0.485. The fourth-order valence-corrected chi connectivity index (χ4v) is 2.28. The maximum absolute atomic E-state index is 11.9. The SMILES string of the molecule is C[C@@H](CCCCCCBr)C(=O)N1CCOC1=O. The highest BCUT2D eigenvalue weighted by Crippen LogP contribution is 2.16. The second kappa shape index (κ2) is 7.69. The van der Waals surface area contributed by atoms with Crippen LogP contribution in [-0.2, 0) is 9.53 Å². The summed E-state index contributed by atoms with van der Waals surface area (Å²) in [4.78, 5) is 24.3. The van der Waals surface area contributed by atoms with Crippen LogP contribution in [0.15, 0.2) is 0 Å². The second-order valence-electron chi connectivity index (χ2n) is 4.40. The van der Waals surface area contributed by atoms with Gasteiger partial charge in [-0.25, -0.2) is 9.69 Å². The van der Waals surface area contributed by atoms with Crippen molar-refractivity contribution < 1.29 is 14.3 Å². The quantitative estimate of drug-likeness (QED) is 0.536. The minimum Gasteiger partial charge on any atom is -0.447 e. The van der Waals surface area contributed by atoms with Gasteiger partial charge < -0.3 is 4.74 Å². The van der Waals surface area contributed by atoms with Crippen LogP contribution in [-0.4, -0.2) is 35.4 Å². The van der Waals surface area contributed by atoms with Crippen LogP contribution in [0.5, 0.6) is 0 Å². The maximum atomic E-state index is 11.9. The van der Waals surface area contributed by atoms with Gasteiger partial charge in [0.2, 0.25) is 5.91 Å². The van der Waals surface area contributed by atoms with Gasteiger partial charge in [0, 0.05) is 11.2 Å². The van der Waals surface area contributed by atoms with Gasteiger partial charge in [-0.15, -0.1) is 0 Å². The standard InChI is InChI=1S/C12H20BrNO3/c1-10(6-4-2-3-5-7-13)11(15)14-8-9-17-12(14)16/h10H,2-9H2,1H3/t10-/m0/s1. The molecule has 0 aromatic heterocycles. The molecule has 1 rings (SSSR count). The number of imide groups is 1. The lowest BCUT2D eigenvalue weighted by Crippen LogP contribution is -2.35. The summed E-state index contributed by atoms with van der Waals surface area (Å²) >= 11 is 3.39. The van der Waals surface area contributed by atoms with Crippen molar-refractivity contribution in [1.29, 1.82) is 0 Å². The highest BCUT2D eigenvalue weighted by molar-refractivity contribution is 9.09. The molecule has 1 fully saturated rings. The number of amides is 2. The van der Waals surface area contributed by atoms with Crippen LogP contribution < -0.4 is 0 Å². The topological polar surface area (TPSA) is 46.6 Å². The summed E-state index contributed by atoms with van der Waals surface area (Å²) in [6.07, 6.45) is 4.93. The summed E-state index contributed by atoms with van der Waals surface area (Å²) in [5.41, 5.74) is 0. The number of cyclic esters (lactones) is 1. The summed E-state index contributed by atoms with van der Waals surface area (Å²) in [6.45, 7) is 2.63. The van der Waals surface area contributed by atoms with Crippen molar-refractivity contribution in [1.82, 2.24) is 4.90 Å². The van der Waals surface area contributed by atoms with Gasteiger partial charge in [0.25, 0.3) is 0 Å². The van der Waals surface area contributed by atoms with Crippen molar-refractivity contribution in [3.05, 3.63) is 0 Å². The van der Waals surface area contributed by atoms with E-state index in [1.807, 2.05) is 6.92 Å².